The van der Waals surface area contributed by atoms with Gasteiger partial charge in [-0.3, -0.25) is 14.3 Å². The predicted octanol–water partition coefficient (Wildman–Crippen LogP) is 0.0249. The lowest BCUT2D eigenvalue weighted by Crippen LogP contribution is -2.32. The molecule has 1 unspecified atom stereocenters. The Morgan fingerprint density at radius 3 is 2.72 bits per heavy atom. The zero-order chi connectivity index (χ0) is 18.5. The highest BCUT2D eigenvalue weighted by molar-refractivity contribution is 14.1. The first-order valence-electron chi connectivity index (χ1n) is 7.70. The quantitative estimate of drug-likeness (QED) is 0.275. The average molecular weight is 481 g/mol. The highest BCUT2D eigenvalue weighted by Crippen LogP contribution is 2.40. The number of anilines is 1. The number of aromatic nitrogens is 4. The Hall–Kier alpha value is -0.940. The molecule has 0 aromatic carbocycles. The maximum atomic E-state index is 12.0. The predicted molar refractivity (Wildman–Crippen MR) is 107 cm³/mol. The van der Waals surface area contributed by atoms with Gasteiger partial charge in [-0.05, 0) is 25.9 Å². The van der Waals surface area contributed by atoms with Crippen LogP contribution >= 0.6 is 29.5 Å². The summed E-state index contributed by atoms with van der Waals surface area (Å²) in [5.41, 5.74) is 5.48. The molecule has 3 rings (SSSR count). The molecule has 1 saturated heterocycles. The highest BCUT2D eigenvalue weighted by Gasteiger charge is 2.44. The second-order valence-corrected chi connectivity index (χ2v) is 12.2. The number of H-pyrrole nitrogens is 1. The third-order valence-electron chi connectivity index (χ3n) is 4.14. The van der Waals surface area contributed by atoms with Crippen molar-refractivity contribution in [1.82, 2.24) is 19.5 Å². The van der Waals surface area contributed by atoms with Crippen LogP contribution in [0.25, 0.3) is 11.2 Å². The Bertz CT molecular complexity index is 906. The summed E-state index contributed by atoms with van der Waals surface area (Å²) >= 11 is 1.93. The van der Waals surface area contributed by atoms with Crippen LogP contribution in [0.15, 0.2) is 4.79 Å². The van der Waals surface area contributed by atoms with Crippen molar-refractivity contribution in [3.63, 3.8) is 0 Å². The topological polar surface area (TPSA) is 139 Å². The van der Waals surface area contributed by atoms with Gasteiger partial charge < -0.3 is 20.7 Å². The highest BCUT2D eigenvalue weighted by atomic mass is 127. The van der Waals surface area contributed by atoms with Crippen molar-refractivity contribution >= 4 is 52.9 Å². The van der Waals surface area contributed by atoms with Crippen LogP contribution in [-0.2, 0) is 4.74 Å². The summed E-state index contributed by atoms with van der Waals surface area (Å²) in [6.45, 7) is 2.94. The van der Waals surface area contributed by atoms with Crippen molar-refractivity contribution in [3.8, 4) is 0 Å². The molecule has 11 heteroatoms. The van der Waals surface area contributed by atoms with Gasteiger partial charge in [-0.1, -0.05) is 0 Å². The summed E-state index contributed by atoms with van der Waals surface area (Å²) in [6.07, 6.45) is 1.97. The third kappa shape index (κ3) is 3.63. The average Bonchev–Trinajstić information content (AvgIpc) is 2.95. The minimum atomic E-state index is -1.27. The van der Waals surface area contributed by atoms with E-state index in [1.165, 1.54) is 4.57 Å². The van der Waals surface area contributed by atoms with Gasteiger partial charge in [-0.15, -0.1) is 13.2 Å². The standard InChI is InChI=1S/C14H21IN5O4P/c1-25(2,3)5-4-6-8(21)9(22)12(24-6)20-10-7(17-13(20)15)11(23)19-14(16)18-10/h6,8-9,12,21-22H,1,4-5H2,2-3H3,(H3,16,18,19,23)/t6-,8-,9-,12?/m1/s1. The summed E-state index contributed by atoms with van der Waals surface area (Å²) in [5.74, 6) is -0.0526. The molecule has 9 nitrogen and oxygen atoms in total. The first-order valence-corrected chi connectivity index (χ1v) is 11.8. The van der Waals surface area contributed by atoms with Gasteiger partial charge in [0.05, 0.1) is 6.10 Å². The molecular weight excluding hydrogens is 460 g/mol. The van der Waals surface area contributed by atoms with Gasteiger partial charge in [0.25, 0.3) is 5.56 Å². The van der Waals surface area contributed by atoms with E-state index in [-0.39, 0.29) is 17.1 Å². The number of ether oxygens (including phenoxy) is 1. The first kappa shape index (κ1) is 18.8. The molecular formula is C14H21IN5O4P. The lowest BCUT2D eigenvalue weighted by molar-refractivity contribution is -0.0367. The van der Waals surface area contributed by atoms with E-state index >= 15 is 0 Å². The van der Waals surface area contributed by atoms with E-state index in [1.54, 1.807) is 0 Å². The van der Waals surface area contributed by atoms with E-state index in [9.17, 15) is 15.0 Å². The van der Waals surface area contributed by atoms with Gasteiger partial charge >= 0.3 is 0 Å². The summed E-state index contributed by atoms with van der Waals surface area (Å²) in [6, 6.07) is 0. The molecule has 0 spiro atoms. The van der Waals surface area contributed by atoms with Gasteiger partial charge in [-0.25, -0.2) is 4.98 Å². The van der Waals surface area contributed by atoms with Crippen LogP contribution in [0.3, 0.4) is 0 Å². The molecule has 2 aromatic rings. The number of nitrogen functional groups attached to an aromatic ring is 1. The van der Waals surface area contributed by atoms with Gasteiger partial charge in [-0.2, -0.15) is 4.98 Å². The molecule has 0 bridgehead atoms. The van der Waals surface area contributed by atoms with Crippen LogP contribution in [0.4, 0.5) is 5.95 Å². The maximum absolute atomic E-state index is 12.0. The number of aliphatic hydroxyl groups is 2. The van der Waals surface area contributed by atoms with Crippen molar-refractivity contribution in [3.05, 3.63) is 14.2 Å². The number of rotatable bonds is 4. The number of nitrogens with two attached hydrogens (primary N) is 1. The monoisotopic (exact) mass is 481 g/mol. The number of imidazole rings is 1. The molecule has 3 heterocycles. The van der Waals surface area contributed by atoms with Crippen molar-refractivity contribution < 1.29 is 14.9 Å². The van der Waals surface area contributed by atoms with Crippen LogP contribution < -0.4 is 11.3 Å². The van der Waals surface area contributed by atoms with Crippen molar-refractivity contribution in [1.29, 1.82) is 0 Å². The molecule has 4 atom stereocenters. The molecule has 0 aliphatic carbocycles. The molecule has 1 fully saturated rings. The number of nitrogens with one attached hydrogen (secondary N) is 1. The number of halogens is 1. The van der Waals surface area contributed by atoms with E-state index in [4.69, 9.17) is 10.5 Å². The largest absolute Gasteiger partial charge is 0.388 e. The van der Waals surface area contributed by atoms with Crippen molar-refractivity contribution in [2.24, 2.45) is 0 Å². The Kier molecular flexibility index (Phi) is 5.02. The molecule has 138 valence electrons. The molecule has 0 amide bonds. The molecule has 0 radical (unpaired) electrons. The van der Waals surface area contributed by atoms with Crippen molar-refractivity contribution in [2.45, 2.75) is 31.0 Å². The summed E-state index contributed by atoms with van der Waals surface area (Å²) in [4.78, 5) is 22.7. The fourth-order valence-corrected chi connectivity index (χ4v) is 4.56. The lowest BCUT2D eigenvalue weighted by Gasteiger charge is -2.19. The van der Waals surface area contributed by atoms with E-state index in [0.717, 1.165) is 6.16 Å². The van der Waals surface area contributed by atoms with Gasteiger partial charge in [0.2, 0.25) is 5.95 Å². The number of hydrogen-bond acceptors (Lipinski definition) is 7. The number of aliphatic hydroxyl groups excluding tert-OH is 2. The maximum Gasteiger partial charge on any atom is 0.280 e. The molecule has 0 saturated carbocycles. The number of aromatic amines is 1. The van der Waals surface area contributed by atoms with Crippen molar-refractivity contribution in [2.75, 3.05) is 25.2 Å². The van der Waals surface area contributed by atoms with E-state index in [2.05, 4.69) is 34.6 Å². The van der Waals surface area contributed by atoms with Crippen LogP contribution in [0.1, 0.15) is 12.6 Å². The zero-order valence-electron chi connectivity index (χ0n) is 13.9. The van der Waals surface area contributed by atoms with E-state index in [1.807, 2.05) is 22.6 Å². The summed E-state index contributed by atoms with van der Waals surface area (Å²) in [7, 11) is 0. The molecule has 5 N–H and O–H groups in total. The minimum Gasteiger partial charge on any atom is -0.388 e. The second kappa shape index (κ2) is 6.66. The molecule has 2 aromatic heterocycles. The fraction of sp³-hybridized carbons (Fsp3) is 0.571. The fourth-order valence-electron chi connectivity index (χ4n) is 2.86. The number of nitrogens with zero attached hydrogens (tertiary/aromatic N) is 3. The Labute approximate surface area is 157 Å². The lowest BCUT2D eigenvalue weighted by atomic mass is 10.1. The second-order valence-electron chi connectivity index (χ2n) is 6.87. The van der Waals surface area contributed by atoms with Gasteiger partial charge in [0, 0.05) is 22.6 Å². The number of fused-ring (bicyclic) bond motifs is 1. The minimum absolute atomic E-state index is 0.0526. The molecule has 1 aliphatic rings. The first-order chi connectivity index (χ1) is 11.6. The zero-order valence-corrected chi connectivity index (χ0v) is 16.9. The van der Waals surface area contributed by atoms with Crippen LogP contribution in [-0.4, -0.2) is 73.8 Å². The Morgan fingerprint density at radius 2 is 2.08 bits per heavy atom. The third-order valence-corrected chi connectivity index (χ3v) is 6.37. The molecule has 25 heavy (non-hydrogen) atoms. The summed E-state index contributed by atoms with van der Waals surface area (Å²) in [5, 5.41) is 20.8. The molecule has 1 aliphatic heterocycles. The van der Waals surface area contributed by atoms with Gasteiger partial charge in [0.15, 0.2) is 21.2 Å². The van der Waals surface area contributed by atoms with E-state index < -0.39 is 37.0 Å². The SMILES string of the molecule is C=P(C)(C)CC[C@H]1OC(n2c(I)nc3c(=O)[nH]c(N)nc32)[C@H](O)[C@@H]1O. The van der Waals surface area contributed by atoms with Gasteiger partial charge in [0.1, 0.15) is 12.2 Å². The Morgan fingerprint density at radius 1 is 1.40 bits per heavy atom. The van der Waals surface area contributed by atoms with Crippen LogP contribution in [0.5, 0.6) is 0 Å². The normalized spacial score (nSPS) is 27.2. The summed E-state index contributed by atoms with van der Waals surface area (Å²) < 4.78 is 7.82. The van der Waals surface area contributed by atoms with Crippen LogP contribution in [0.2, 0.25) is 0 Å². The Balaban J connectivity index is 1.97. The number of hydrogen-bond donors (Lipinski definition) is 4. The van der Waals surface area contributed by atoms with E-state index in [0.29, 0.717) is 10.3 Å². The van der Waals surface area contributed by atoms with Crippen LogP contribution in [0, 0.1) is 3.83 Å². The smallest absolute Gasteiger partial charge is 0.280 e.